The van der Waals surface area contributed by atoms with E-state index in [9.17, 15) is 0 Å². The molecule has 1 aromatic carbocycles. The first-order chi connectivity index (χ1) is 13.6. The van der Waals surface area contributed by atoms with Crippen LogP contribution in [0.3, 0.4) is 0 Å². The van der Waals surface area contributed by atoms with Crippen molar-refractivity contribution >= 4 is 27.8 Å². The van der Waals surface area contributed by atoms with E-state index in [1.165, 1.54) is 40.3 Å². The molecule has 0 spiro atoms. The number of furan rings is 1. The topological polar surface area (TPSA) is 32.5 Å². The van der Waals surface area contributed by atoms with Gasteiger partial charge in [-0.25, -0.2) is 4.98 Å². The van der Waals surface area contributed by atoms with Gasteiger partial charge in [0.15, 0.2) is 5.58 Å². The molecule has 2 aliphatic rings. The van der Waals surface area contributed by atoms with Crippen LogP contribution < -0.4 is 4.90 Å². The lowest BCUT2D eigenvalue weighted by Gasteiger charge is -2.41. The fourth-order valence-corrected chi connectivity index (χ4v) is 5.19. The van der Waals surface area contributed by atoms with Crippen LogP contribution in [-0.4, -0.2) is 23.1 Å². The van der Waals surface area contributed by atoms with Gasteiger partial charge in [0.2, 0.25) is 5.71 Å². The van der Waals surface area contributed by atoms with Crippen LogP contribution in [0.5, 0.6) is 0 Å². The highest BCUT2D eigenvalue weighted by atomic mass is 16.3. The van der Waals surface area contributed by atoms with Gasteiger partial charge in [-0.1, -0.05) is 33.8 Å². The Bertz CT molecular complexity index is 1170. The maximum absolute atomic E-state index is 6.48. The minimum Gasteiger partial charge on any atom is -0.435 e. The molecule has 0 saturated carbocycles. The summed E-state index contributed by atoms with van der Waals surface area (Å²) in [5, 5.41) is 2.39. The summed E-state index contributed by atoms with van der Waals surface area (Å²) in [5.74, 6) is 0. The highest BCUT2D eigenvalue weighted by Gasteiger charge is 2.40. The molecule has 0 bridgehead atoms. The molecule has 0 N–H and O–H groups in total. The number of pyridine rings is 1. The standard InChI is InChI=1S/C25H31N3O/c1-15-8-9-17-19-20-18(24(3,4)10-11-25(20,5)6)14-26-23(19)29-22(17)21(15)28-13-12-27(7)16(28)2/h8-9,12-14,16H,10-11H2,1-7H3/t16-/m0/s1. The van der Waals surface area contributed by atoms with Gasteiger partial charge in [-0.05, 0) is 60.3 Å². The number of fused-ring (bicyclic) bond motifs is 5. The summed E-state index contributed by atoms with van der Waals surface area (Å²) >= 11 is 0. The summed E-state index contributed by atoms with van der Waals surface area (Å²) in [6.45, 7) is 13.8. The van der Waals surface area contributed by atoms with Crippen molar-refractivity contribution in [1.82, 2.24) is 9.88 Å². The van der Waals surface area contributed by atoms with Gasteiger partial charge in [0, 0.05) is 31.0 Å². The zero-order chi connectivity index (χ0) is 20.7. The third-order valence-corrected chi connectivity index (χ3v) is 7.34. The largest absolute Gasteiger partial charge is 0.435 e. The number of aromatic nitrogens is 1. The van der Waals surface area contributed by atoms with Crippen molar-refractivity contribution < 1.29 is 4.42 Å². The fourth-order valence-electron chi connectivity index (χ4n) is 5.19. The Morgan fingerprint density at radius 1 is 1.07 bits per heavy atom. The third-order valence-electron chi connectivity index (χ3n) is 7.34. The van der Waals surface area contributed by atoms with Crippen molar-refractivity contribution in [1.29, 1.82) is 0 Å². The molecule has 3 aromatic rings. The van der Waals surface area contributed by atoms with Crippen LogP contribution in [0.15, 0.2) is 35.1 Å². The molecule has 5 rings (SSSR count). The Hall–Kier alpha value is -2.49. The molecule has 4 nitrogen and oxygen atoms in total. The van der Waals surface area contributed by atoms with Crippen LogP contribution in [0.25, 0.3) is 22.1 Å². The van der Waals surface area contributed by atoms with Crippen LogP contribution >= 0.6 is 0 Å². The summed E-state index contributed by atoms with van der Waals surface area (Å²) in [6.07, 6.45) is 8.95. The lowest BCUT2D eigenvalue weighted by Crippen LogP contribution is -2.34. The van der Waals surface area contributed by atoms with Gasteiger partial charge in [-0.2, -0.15) is 0 Å². The van der Waals surface area contributed by atoms with Crippen molar-refractivity contribution in [2.45, 2.75) is 71.4 Å². The van der Waals surface area contributed by atoms with E-state index in [0.717, 1.165) is 17.0 Å². The molecule has 0 amide bonds. The zero-order valence-electron chi connectivity index (χ0n) is 18.6. The molecule has 29 heavy (non-hydrogen) atoms. The van der Waals surface area contributed by atoms with E-state index >= 15 is 0 Å². The summed E-state index contributed by atoms with van der Waals surface area (Å²) in [5.41, 5.74) is 7.13. The lowest BCUT2D eigenvalue weighted by atomic mass is 9.63. The first-order valence-electron chi connectivity index (χ1n) is 10.7. The van der Waals surface area contributed by atoms with E-state index in [2.05, 4.69) is 89.1 Å². The first-order valence-corrected chi connectivity index (χ1v) is 10.7. The Morgan fingerprint density at radius 3 is 2.48 bits per heavy atom. The van der Waals surface area contributed by atoms with Gasteiger partial charge in [-0.15, -0.1) is 0 Å². The molecule has 0 unspecified atom stereocenters. The van der Waals surface area contributed by atoms with Crippen molar-refractivity contribution in [2.75, 3.05) is 11.9 Å². The minimum atomic E-state index is 0.106. The maximum Gasteiger partial charge on any atom is 0.227 e. The van der Waals surface area contributed by atoms with Crippen LogP contribution in [0.4, 0.5) is 5.69 Å². The van der Waals surface area contributed by atoms with Crippen molar-refractivity contribution in [2.24, 2.45) is 0 Å². The normalized spacial score (nSPS) is 22.7. The van der Waals surface area contributed by atoms with Crippen LogP contribution in [0.1, 0.15) is 64.2 Å². The van der Waals surface area contributed by atoms with E-state index in [4.69, 9.17) is 9.40 Å². The second-order valence-electron chi connectivity index (χ2n) is 10.2. The van der Waals surface area contributed by atoms with E-state index in [-0.39, 0.29) is 17.0 Å². The summed E-state index contributed by atoms with van der Waals surface area (Å²) < 4.78 is 6.48. The number of nitrogens with zero attached hydrogens (tertiary/aromatic N) is 3. The zero-order valence-corrected chi connectivity index (χ0v) is 18.6. The summed E-state index contributed by atoms with van der Waals surface area (Å²) in [7, 11) is 2.11. The van der Waals surface area contributed by atoms with Gasteiger partial charge < -0.3 is 14.2 Å². The third kappa shape index (κ3) is 2.47. The van der Waals surface area contributed by atoms with Crippen molar-refractivity contribution in [3.05, 3.63) is 47.4 Å². The van der Waals surface area contributed by atoms with E-state index in [1.807, 2.05) is 0 Å². The molecule has 0 radical (unpaired) electrons. The molecular weight excluding hydrogens is 358 g/mol. The number of hydrogen-bond acceptors (Lipinski definition) is 4. The van der Waals surface area contributed by atoms with Gasteiger partial charge in [-0.3, -0.25) is 0 Å². The molecular formula is C25H31N3O. The van der Waals surface area contributed by atoms with Gasteiger partial charge in [0.05, 0.1) is 11.1 Å². The Kier molecular flexibility index (Phi) is 3.69. The monoisotopic (exact) mass is 389 g/mol. The fraction of sp³-hybridized carbons (Fsp3) is 0.480. The molecule has 2 aromatic heterocycles. The van der Waals surface area contributed by atoms with Crippen LogP contribution in [-0.2, 0) is 10.8 Å². The predicted octanol–water partition coefficient (Wildman–Crippen LogP) is 6.21. The Labute approximate surface area is 173 Å². The number of rotatable bonds is 1. The average molecular weight is 390 g/mol. The average Bonchev–Trinajstić information content (AvgIpc) is 3.19. The number of hydrogen-bond donors (Lipinski definition) is 0. The van der Waals surface area contributed by atoms with Crippen molar-refractivity contribution in [3.63, 3.8) is 0 Å². The second-order valence-corrected chi connectivity index (χ2v) is 10.2. The highest BCUT2D eigenvalue weighted by Crippen LogP contribution is 2.50. The SMILES string of the molecule is Cc1ccc2c(oc3ncc4c(c32)C(C)(C)CCC4(C)C)c1N1C=CN(C)[C@@H]1C. The highest BCUT2D eigenvalue weighted by molar-refractivity contribution is 6.11. The van der Waals surface area contributed by atoms with E-state index in [0.29, 0.717) is 0 Å². The second kappa shape index (κ2) is 5.78. The first kappa shape index (κ1) is 18.5. The van der Waals surface area contributed by atoms with Crippen LogP contribution in [0.2, 0.25) is 0 Å². The molecule has 1 atom stereocenters. The Morgan fingerprint density at radius 2 is 1.79 bits per heavy atom. The number of anilines is 1. The quantitative estimate of drug-likeness (QED) is 0.495. The Balaban J connectivity index is 1.87. The molecule has 3 heterocycles. The van der Waals surface area contributed by atoms with E-state index < -0.39 is 0 Å². The smallest absolute Gasteiger partial charge is 0.227 e. The number of benzene rings is 1. The van der Waals surface area contributed by atoms with Gasteiger partial charge >= 0.3 is 0 Å². The predicted molar refractivity (Wildman–Crippen MR) is 120 cm³/mol. The van der Waals surface area contributed by atoms with Crippen LogP contribution in [0, 0.1) is 6.92 Å². The molecule has 1 aliphatic heterocycles. The van der Waals surface area contributed by atoms with Gasteiger partial charge in [0.1, 0.15) is 6.17 Å². The maximum atomic E-state index is 6.48. The molecule has 0 fully saturated rings. The summed E-state index contributed by atoms with van der Waals surface area (Å²) in [6, 6.07) is 4.46. The minimum absolute atomic E-state index is 0.106. The molecule has 4 heteroatoms. The summed E-state index contributed by atoms with van der Waals surface area (Å²) in [4.78, 5) is 9.33. The van der Waals surface area contributed by atoms with Crippen molar-refractivity contribution in [3.8, 4) is 0 Å². The number of aryl methyl sites for hydroxylation is 1. The van der Waals surface area contributed by atoms with Gasteiger partial charge in [0.25, 0.3) is 0 Å². The molecule has 152 valence electrons. The molecule has 0 saturated heterocycles. The lowest BCUT2D eigenvalue weighted by molar-refractivity contribution is 0.333. The molecule has 1 aliphatic carbocycles. The van der Waals surface area contributed by atoms with E-state index in [1.54, 1.807) is 0 Å².